The molecule has 452 valence electrons. The molecule has 0 aromatic carbocycles. The maximum Gasteiger partial charge on any atom is 0.306 e. The Morgan fingerprint density at radius 3 is 1.19 bits per heavy atom. The van der Waals surface area contributed by atoms with Crippen LogP contribution in [0.1, 0.15) is 284 Å². The molecule has 78 heavy (non-hydrogen) atoms. The average molecular weight is 1110 g/mol. The summed E-state index contributed by atoms with van der Waals surface area (Å²) in [5.41, 5.74) is 0. The van der Waals surface area contributed by atoms with E-state index in [0.717, 1.165) is 103 Å². The van der Waals surface area contributed by atoms with E-state index >= 15 is 0 Å². The lowest BCUT2D eigenvalue weighted by Crippen LogP contribution is -2.47. The van der Waals surface area contributed by atoms with Gasteiger partial charge < -0.3 is 28.5 Å². The monoisotopic (exact) mass is 1110 g/mol. The number of carbonyl (C=O) groups excluding carboxylic acids is 2. The summed E-state index contributed by atoms with van der Waals surface area (Å²) in [5, 5.41) is 3.02. The van der Waals surface area contributed by atoms with Crippen molar-refractivity contribution in [2.24, 2.45) is 0 Å². The highest BCUT2D eigenvalue weighted by Gasteiger charge is 2.27. The minimum Gasteiger partial charge on any atom is -0.756 e. The number of carbonyl (C=O) groups is 2. The van der Waals surface area contributed by atoms with E-state index < -0.39 is 26.6 Å². The van der Waals surface area contributed by atoms with Gasteiger partial charge in [-0.25, -0.2) is 0 Å². The number of unbranched alkanes of at least 4 members (excludes halogenated alkanes) is 30. The highest BCUT2D eigenvalue weighted by atomic mass is 31.2. The number of nitrogens with zero attached hydrogens (tertiary/aromatic N) is 1. The molecule has 0 aliphatic heterocycles. The average Bonchev–Trinajstić information content (AvgIpc) is 3.40. The fourth-order valence-electron chi connectivity index (χ4n) is 9.01. The molecule has 0 bridgehead atoms. The third-order valence-electron chi connectivity index (χ3n) is 14.0. The molecule has 0 saturated carbocycles. The van der Waals surface area contributed by atoms with Crippen molar-refractivity contribution in [2.45, 2.75) is 296 Å². The van der Waals surface area contributed by atoms with Crippen molar-refractivity contribution < 1.29 is 37.3 Å². The molecule has 3 atom stereocenters. The number of hydrogen-bond acceptors (Lipinski definition) is 7. The molecule has 0 rings (SSSR count). The molecule has 0 spiro atoms. The van der Waals surface area contributed by atoms with Crippen LogP contribution in [0.15, 0.2) is 85.1 Å². The first-order valence-corrected chi connectivity index (χ1v) is 33.9. The van der Waals surface area contributed by atoms with Crippen LogP contribution >= 0.6 is 7.82 Å². The molecular weight excluding hydrogens is 988 g/mol. The second-order valence-corrected chi connectivity index (χ2v) is 24.3. The van der Waals surface area contributed by atoms with Gasteiger partial charge in [-0.15, -0.1) is 0 Å². The Kier molecular flexibility index (Phi) is 55.4. The van der Waals surface area contributed by atoms with Gasteiger partial charge in [0, 0.05) is 12.8 Å². The van der Waals surface area contributed by atoms with E-state index in [1.54, 1.807) is 0 Å². The second kappa shape index (κ2) is 57.4. The van der Waals surface area contributed by atoms with Gasteiger partial charge >= 0.3 is 5.97 Å². The molecular formula is C68H123N2O7P. The predicted molar refractivity (Wildman–Crippen MR) is 335 cm³/mol. The predicted octanol–water partition coefficient (Wildman–Crippen LogP) is 19.5. The summed E-state index contributed by atoms with van der Waals surface area (Å²) in [6, 6.07) is -0.906. The Morgan fingerprint density at radius 1 is 0.449 bits per heavy atom. The first kappa shape index (κ1) is 75.2. The van der Waals surface area contributed by atoms with Gasteiger partial charge in [0.05, 0.1) is 33.8 Å². The lowest BCUT2D eigenvalue weighted by molar-refractivity contribution is -0.870. The molecule has 0 radical (unpaired) electrons. The summed E-state index contributed by atoms with van der Waals surface area (Å²) in [6.45, 7) is 6.77. The van der Waals surface area contributed by atoms with E-state index in [1.807, 2.05) is 33.3 Å². The number of quaternary nitrogens is 1. The van der Waals surface area contributed by atoms with Gasteiger partial charge in [-0.3, -0.25) is 14.2 Å². The van der Waals surface area contributed by atoms with Crippen LogP contribution in [0.3, 0.4) is 0 Å². The van der Waals surface area contributed by atoms with Crippen molar-refractivity contribution in [3.05, 3.63) is 85.1 Å². The number of likely N-dealkylation sites (N-methyl/N-ethyl adjacent to an activating group) is 1. The van der Waals surface area contributed by atoms with Gasteiger partial charge in [-0.2, -0.15) is 0 Å². The highest BCUT2D eigenvalue weighted by molar-refractivity contribution is 7.45. The number of nitrogens with one attached hydrogen (secondary N) is 1. The number of hydrogen-bond donors (Lipinski definition) is 1. The van der Waals surface area contributed by atoms with Crippen LogP contribution in [0, 0.1) is 0 Å². The Morgan fingerprint density at radius 2 is 0.782 bits per heavy atom. The number of phosphoric ester groups is 1. The Labute approximate surface area is 482 Å². The normalized spacial score (nSPS) is 14.2. The molecule has 0 aliphatic rings. The lowest BCUT2D eigenvalue weighted by Gasteiger charge is -2.30. The second-order valence-electron chi connectivity index (χ2n) is 22.9. The standard InChI is InChI=1S/C68H123N2O7P/c1-7-10-13-16-19-22-25-28-30-32-33-34-35-36-37-39-41-43-46-49-52-55-58-61-68(72)77-66(59-56-53-50-47-44-27-24-21-18-15-12-9-3)65(64-76-78(73,74)75-63-62-70(4,5)6)69-67(71)60-57-54-51-48-45-42-40-38-31-29-26-23-20-17-14-11-8-2/h19-20,22-23,28-31,33-34,40,42,56,59,65-66H,7-18,21,24-27,32,35-39,41,43-55,57-58,60-64H2,1-6H3,(H-,69,71,73,74)/b22-19-,23-20-,30-28-,31-29-,34-33-,42-40-,59-56-. The Bertz CT molecular complexity index is 1610. The van der Waals surface area contributed by atoms with E-state index in [9.17, 15) is 19.0 Å². The van der Waals surface area contributed by atoms with E-state index in [0.29, 0.717) is 17.4 Å². The van der Waals surface area contributed by atoms with Crippen LogP contribution < -0.4 is 10.2 Å². The van der Waals surface area contributed by atoms with Crippen LogP contribution in [-0.4, -0.2) is 69.4 Å². The van der Waals surface area contributed by atoms with E-state index in [1.165, 1.54) is 141 Å². The van der Waals surface area contributed by atoms with Gasteiger partial charge in [0.1, 0.15) is 19.3 Å². The summed E-state index contributed by atoms with van der Waals surface area (Å²) >= 11 is 0. The molecule has 0 aliphatic carbocycles. The summed E-state index contributed by atoms with van der Waals surface area (Å²) in [6.07, 6.45) is 75.5. The third kappa shape index (κ3) is 57.9. The number of amides is 1. The van der Waals surface area contributed by atoms with E-state index in [4.69, 9.17) is 13.8 Å². The zero-order chi connectivity index (χ0) is 57.2. The zero-order valence-corrected chi connectivity index (χ0v) is 52.5. The molecule has 0 saturated heterocycles. The van der Waals surface area contributed by atoms with Gasteiger partial charge in [0.25, 0.3) is 7.82 Å². The molecule has 0 fully saturated rings. The molecule has 0 heterocycles. The SMILES string of the molecule is CCCCC/C=C\C/C=C\C/C=C\CCCCCCCCCCCCC(=O)OC(/C=C\CCCCCCCCCCCC)C(COP(=O)([O-])OCC[N+](C)(C)C)NC(=O)CCCCCC/C=C\C/C=C\C/C=C\CCCCC. The largest absolute Gasteiger partial charge is 0.756 e. The molecule has 1 N–H and O–H groups in total. The topological polar surface area (TPSA) is 114 Å². The van der Waals surface area contributed by atoms with Crippen LogP contribution in [0.4, 0.5) is 0 Å². The molecule has 0 aromatic rings. The minimum atomic E-state index is -4.71. The number of ether oxygens (including phenoxy) is 1. The van der Waals surface area contributed by atoms with Gasteiger partial charge in [-0.1, -0.05) is 247 Å². The molecule has 0 aromatic heterocycles. The first-order valence-electron chi connectivity index (χ1n) is 32.4. The van der Waals surface area contributed by atoms with Crippen molar-refractivity contribution in [3.8, 4) is 0 Å². The summed E-state index contributed by atoms with van der Waals surface area (Å²) in [5.74, 6) is -0.569. The van der Waals surface area contributed by atoms with Gasteiger partial charge in [0.2, 0.25) is 5.91 Å². The molecule has 1 amide bonds. The molecule has 3 unspecified atom stereocenters. The van der Waals surface area contributed by atoms with Crippen molar-refractivity contribution in [3.63, 3.8) is 0 Å². The highest BCUT2D eigenvalue weighted by Crippen LogP contribution is 2.38. The lowest BCUT2D eigenvalue weighted by atomic mass is 10.0. The smallest absolute Gasteiger partial charge is 0.306 e. The summed E-state index contributed by atoms with van der Waals surface area (Å²) in [7, 11) is 1.16. The maximum absolute atomic E-state index is 13.5. The Balaban J connectivity index is 5.22. The maximum atomic E-state index is 13.5. The number of allylic oxidation sites excluding steroid dienone is 13. The van der Waals surface area contributed by atoms with E-state index in [2.05, 4.69) is 99.0 Å². The molecule has 9 nitrogen and oxygen atoms in total. The van der Waals surface area contributed by atoms with Crippen LogP contribution in [0.25, 0.3) is 0 Å². The third-order valence-corrected chi connectivity index (χ3v) is 15.0. The van der Waals surface area contributed by atoms with Gasteiger partial charge in [-0.05, 0) is 109 Å². The number of esters is 1. The number of phosphoric acid groups is 1. The minimum absolute atomic E-state index is 0.0305. The quantitative estimate of drug-likeness (QED) is 0.0212. The van der Waals surface area contributed by atoms with E-state index in [-0.39, 0.29) is 31.3 Å². The molecule has 10 heteroatoms. The zero-order valence-electron chi connectivity index (χ0n) is 51.6. The van der Waals surface area contributed by atoms with Crippen LogP contribution in [0.2, 0.25) is 0 Å². The van der Waals surface area contributed by atoms with Crippen molar-refractivity contribution in [1.29, 1.82) is 0 Å². The van der Waals surface area contributed by atoms with Crippen LogP contribution in [-0.2, 0) is 27.9 Å². The number of rotatable bonds is 58. The van der Waals surface area contributed by atoms with Crippen LogP contribution in [0.5, 0.6) is 0 Å². The van der Waals surface area contributed by atoms with Crippen molar-refractivity contribution >= 4 is 19.7 Å². The fourth-order valence-corrected chi connectivity index (χ4v) is 9.73. The van der Waals surface area contributed by atoms with Gasteiger partial charge in [0.15, 0.2) is 0 Å². The summed E-state index contributed by atoms with van der Waals surface area (Å²) in [4.78, 5) is 40.0. The van der Waals surface area contributed by atoms with Crippen molar-refractivity contribution in [2.75, 3.05) is 40.9 Å². The summed E-state index contributed by atoms with van der Waals surface area (Å²) < 4.78 is 30.3. The Hall–Kier alpha value is -2.81. The van der Waals surface area contributed by atoms with Crippen molar-refractivity contribution in [1.82, 2.24) is 5.32 Å². The first-order chi connectivity index (χ1) is 37.9. The fraction of sp³-hybridized carbons (Fsp3) is 0.765.